The van der Waals surface area contributed by atoms with Crippen molar-refractivity contribution < 1.29 is 9.90 Å². The van der Waals surface area contributed by atoms with Crippen LogP contribution < -0.4 is 0 Å². The average molecular weight is 551 g/mol. The van der Waals surface area contributed by atoms with Gasteiger partial charge in [-0.2, -0.15) is 0 Å². The number of aromatic hydroxyl groups is 1. The van der Waals surface area contributed by atoms with Crippen molar-refractivity contribution in [1.82, 2.24) is 9.88 Å². The van der Waals surface area contributed by atoms with E-state index in [2.05, 4.69) is 83.0 Å². The summed E-state index contributed by atoms with van der Waals surface area (Å²) in [5, 5.41) is 16.5. The van der Waals surface area contributed by atoms with Crippen LogP contribution in [0.2, 0.25) is 0 Å². The van der Waals surface area contributed by atoms with E-state index in [9.17, 15) is 9.90 Å². The maximum absolute atomic E-state index is 12.9. The number of hydrogen-bond donors (Lipinski definition) is 1. The predicted octanol–water partition coefficient (Wildman–Crippen LogP) is 8.02. The Morgan fingerprint density at radius 2 is 1.57 bits per heavy atom. The molecule has 0 saturated carbocycles. The molecule has 1 aromatic heterocycles. The smallest absolute Gasteiger partial charge is 0.298 e. The highest BCUT2D eigenvalue weighted by Gasteiger charge is 2.28. The second-order valence-electron chi connectivity index (χ2n) is 12.8. The lowest BCUT2D eigenvalue weighted by atomic mass is 9.78. The largest absolute Gasteiger partial charge is 0.507 e. The lowest BCUT2D eigenvalue weighted by Gasteiger charge is -2.29. The van der Waals surface area contributed by atoms with Gasteiger partial charge in [0.25, 0.3) is 5.91 Å². The van der Waals surface area contributed by atoms with Gasteiger partial charge in [0.1, 0.15) is 5.75 Å². The van der Waals surface area contributed by atoms with Crippen molar-refractivity contribution in [3.63, 3.8) is 0 Å². The molecular formula is C35H38N2O2S. The van der Waals surface area contributed by atoms with Crippen LogP contribution in [0.1, 0.15) is 82.0 Å². The van der Waals surface area contributed by atoms with E-state index in [1.807, 2.05) is 35.2 Å². The van der Waals surface area contributed by atoms with Crippen molar-refractivity contribution in [3.05, 3.63) is 81.7 Å². The van der Waals surface area contributed by atoms with Gasteiger partial charge in [0.2, 0.25) is 0 Å². The molecule has 4 aromatic rings. The molecule has 1 saturated heterocycles. The van der Waals surface area contributed by atoms with E-state index in [1.54, 1.807) is 11.3 Å². The third kappa shape index (κ3) is 5.78. The molecule has 1 N–H and O–H groups in total. The van der Waals surface area contributed by atoms with Gasteiger partial charge in [0.05, 0.1) is 10.7 Å². The summed E-state index contributed by atoms with van der Waals surface area (Å²) in [6, 6.07) is 18.3. The van der Waals surface area contributed by atoms with Crippen molar-refractivity contribution in [3.8, 4) is 28.8 Å². The molecule has 0 bridgehead atoms. The van der Waals surface area contributed by atoms with Gasteiger partial charge in [0, 0.05) is 52.6 Å². The van der Waals surface area contributed by atoms with E-state index in [4.69, 9.17) is 4.98 Å². The molecule has 5 rings (SSSR count). The molecule has 1 aliphatic heterocycles. The Bertz CT molecular complexity index is 1580. The standard InChI is InChI=1S/C35H38N2O2S/c1-34(2,3)28-20-26(21-29(32(28)39)35(4,5)6)30-22-40-33(36-30)25-16-18-37(19-17-25)31(38)15-14-24-12-9-11-23-10-7-8-13-27(23)24/h7-13,20-22,25,39H,16-19H2,1-6H3. The molecule has 0 unspecified atom stereocenters. The zero-order chi connectivity index (χ0) is 28.7. The van der Waals surface area contributed by atoms with Gasteiger partial charge in [-0.25, -0.2) is 4.98 Å². The number of carbonyl (C=O) groups is 1. The van der Waals surface area contributed by atoms with Crippen molar-refractivity contribution in [2.75, 3.05) is 13.1 Å². The number of rotatable bonds is 2. The molecular weight excluding hydrogens is 512 g/mol. The minimum Gasteiger partial charge on any atom is -0.507 e. The molecule has 4 nitrogen and oxygen atoms in total. The Labute approximate surface area is 242 Å². The number of aromatic nitrogens is 1. The molecule has 2 heterocycles. The van der Waals surface area contributed by atoms with Gasteiger partial charge in [-0.1, -0.05) is 83.9 Å². The van der Waals surface area contributed by atoms with Crippen LogP contribution >= 0.6 is 11.3 Å². The lowest BCUT2D eigenvalue weighted by Crippen LogP contribution is -2.37. The van der Waals surface area contributed by atoms with Gasteiger partial charge in [-0.05, 0) is 52.6 Å². The molecule has 40 heavy (non-hydrogen) atoms. The number of carbonyl (C=O) groups excluding carboxylic acids is 1. The second kappa shape index (κ2) is 10.7. The predicted molar refractivity (Wildman–Crippen MR) is 166 cm³/mol. The number of thiazole rings is 1. The molecule has 1 amide bonds. The Hall–Kier alpha value is -3.62. The summed E-state index contributed by atoms with van der Waals surface area (Å²) >= 11 is 1.70. The summed E-state index contributed by atoms with van der Waals surface area (Å²) in [5.74, 6) is 6.60. The maximum Gasteiger partial charge on any atom is 0.298 e. The molecule has 0 spiro atoms. The Morgan fingerprint density at radius 3 is 2.23 bits per heavy atom. The minimum absolute atomic E-state index is 0.111. The van der Waals surface area contributed by atoms with Crippen LogP contribution in [0.15, 0.2) is 60.0 Å². The number of phenols is 1. The quantitative estimate of drug-likeness (QED) is 0.257. The molecule has 0 aliphatic carbocycles. The van der Waals surface area contributed by atoms with Gasteiger partial charge in [-0.3, -0.25) is 4.79 Å². The number of phenolic OH excluding ortho intramolecular Hbond substituents is 1. The van der Waals surface area contributed by atoms with E-state index in [0.717, 1.165) is 56.6 Å². The van der Waals surface area contributed by atoms with Crippen molar-refractivity contribution >= 4 is 28.0 Å². The first-order valence-corrected chi connectivity index (χ1v) is 14.9. The van der Waals surface area contributed by atoms with Crippen LogP contribution in [-0.2, 0) is 15.6 Å². The highest BCUT2D eigenvalue weighted by molar-refractivity contribution is 7.10. The first kappa shape index (κ1) is 27.9. The number of piperidine rings is 1. The Balaban J connectivity index is 1.30. The molecule has 1 aliphatic rings. The van der Waals surface area contributed by atoms with Crippen molar-refractivity contribution in [2.45, 2.75) is 71.1 Å². The SMILES string of the molecule is CC(C)(C)c1cc(-c2csc(C3CCN(C(=O)C#Cc4cccc5ccccc45)CC3)n2)cc(C(C)(C)C)c1O. The van der Waals surface area contributed by atoms with Gasteiger partial charge in [-0.15, -0.1) is 11.3 Å². The lowest BCUT2D eigenvalue weighted by molar-refractivity contribution is -0.126. The van der Waals surface area contributed by atoms with E-state index in [1.165, 1.54) is 0 Å². The Morgan fingerprint density at radius 1 is 0.950 bits per heavy atom. The summed E-state index contributed by atoms with van der Waals surface area (Å²) in [6.45, 7) is 14.2. The summed E-state index contributed by atoms with van der Waals surface area (Å²) in [7, 11) is 0. The van der Waals surface area contributed by atoms with Crippen LogP contribution in [0.25, 0.3) is 22.0 Å². The zero-order valence-corrected chi connectivity index (χ0v) is 25.2. The highest BCUT2D eigenvalue weighted by atomic mass is 32.1. The fraction of sp³-hybridized carbons (Fsp3) is 0.371. The fourth-order valence-corrected chi connectivity index (χ4v) is 6.40. The maximum atomic E-state index is 12.9. The molecule has 206 valence electrons. The van der Waals surface area contributed by atoms with Crippen LogP contribution in [0.5, 0.6) is 5.75 Å². The van der Waals surface area contributed by atoms with Crippen LogP contribution in [-0.4, -0.2) is 34.0 Å². The molecule has 3 aromatic carbocycles. The number of hydrogen-bond acceptors (Lipinski definition) is 4. The van der Waals surface area contributed by atoms with Crippen LogP contribution in [0.4, 0.5) is 0 Å². The summed E-state index contributed by atoms with van der Waals surface area (Å²) < 4.78 is 0. The van der Waals surface area contributed by atoms with Crippen LogP contribution in [0.3, 0.4) is 0 Å². The van der Waals surface area contributed by atoms with E-state index >= 15 is 0 Å². The first-order chi connectivity index (χ1) is 18.9. The number of likely N-dealkylation sites (tertiary alicyclic amines) is 1. The normalized spacial score (nSPS) is 14.7. The number of benzene rings is 3. The molecule has 0 atom stereocenters. The summed E-state index contributed by atoms with van der Waals surface area (Å²) in [5.41, 5.74) is 4.41. The topological polar surface area (TPSA) is 53.4 Å². The number of fused-ring (bicyclic) bond motifs is 1. The fourth-order valence-electron chi connectivity index (χ4n) is 5.40. The third-order valence-corrected chi connectivity index (χ3v) is 8.78. The van der Waals surface area contributed by atoms with E-state index < -0.39 is 0 Å². The number of nitrogens with zero attached hydrogens (tertiary/aromatic N) is 2. The Kier molecular flexibility index (Phi) is 7.50. The minimum atomic E-state index is -0.186. The second-order valence-corrected chi connectivity index (χ2v) is 13.7. The molecule has 1 fully saturated rings. The van der Waals surface area contributed by atoms with Crippen molar-refractivity contribution in [1.29, 1.82) is 0 Å². The van der Waals surface area contributed by atoms with Gasteiger partial charge < -0.3 is 10.0 Å². The summed E-state index contributed by atoms with van der Waals surface area (Å²) in [6.07, 6.45) is 1.76. The molecule has 5 heteroatoms. The monoisotopic (exact) mass is 550 g/mol. The van der Waals surface area contributed by atoms with Gasteiger partial charge in [0.15, 0.2) is 0 Å². The first-order valence-electron chi connectivity index (χ1n) is 14.0. The third-order valence-electron chi connectivity index (χ3n) is 7.77. The van der Waals surface area contributed by atoms with E-state index in [-0.39, 0.29) is 16.7 Å². The van der Waals surface area contributed by atoms with Crippen molar-refractivity contribution in [2.24, 2.45) is 0 Å². The average Bonchev–Trinajstić information content (AvgIpc) is 3.41. The summed E-state index contributed by atoms with van der Waals surface area (Å²) in [4.78, 5) is 19.8. The van der Waals surface area contributed by atoms with E-state index in [0.29, 0.717) is 24.8 Å². The molecule has 0 radical (unpaired) electrons. The van der Waals surface area contributed by atoms with Crippen LogP contribution in [0, 0.1) is 11.8 Å². The van der Waals surface area contributed by atoms with Gasteiger partial charge >= 0.3 is 0 Å². The number of amides is 1. The highest BCUT2D eigenvalue weighted by Crippen LogP contribution is 2.42. The zero-order valence-electron chi connectivity index (χ0n) is 24.3.